The Labute approximate surface area is 63.5 Å². The summed E-state index contributed by atoms with van der Waals surface area (Å²) in [6.45, 7) is 0. The van der Waals surface area contributed by atoms with Crippen molar-refractivity contribution in [3.63, 3.8) is 0 Å². The third-order valence-electron chi connectivity index (χ3n) is 1.28. The summed E-state index contributed by atoms with van der Waals surface area (Å²) in [5.41, 5.74) is 0. The molecule has 2 heterocycles. The molecule has 53 valence electrons. The Morgan fingerprint density at radius 3 is 2.73 bits per heavy atom. The molecule has 0 bridgehead atoms. The zero-order chi connectivity index (χ0) is 7.52. The van der Waals surface area contributed by atoms with Gasteiger partial charge in [0, 0.05) is 12.3 Å². The molecule has 11 heavy (non-hydrogen) atoms. The summed E-state index contributed by atoms with van der Waals surface area (Å²) < 4.78 is 1.73. The maximum Gasteiger partial charge on any atom is 0.139 e. The third-order valence-corrected chi connectivity index (χ3v) is 1.28. The van der Waals surface area contributed by atoms with E-state index in [0.29, 0.717) is 0 Å². The average molecular weight is 145 g/mol. The van der Waals surface area contributed by atoms with Gasteiger partial charge in [-0.1, -0.05) is 0 Å². The summed E-state index contributed by atoms with van der Waals surface area (Å²) in [7, 11) is 0. The molecule has 1 radical (unpaired) electrons. The van der Waals surface area contributed by atoms with Crippen molar-refractivity contribution in [1.29, 1.82) is 0 Å². The van der Waals surface area contributed by atoms with Crippen LogP contribution in [0.4, 0.5) is 0 Å². The molecular formula is C7H5N4. The standard InChI is InChI=1S/C7H5N4/c1-2-4-8-7(3-1)11-5-9-10-6-11/h1,3-6H. The van der Waals surface area contributed by atoms with E-state index in [4.69, 9.17) is 0 Å². The summed E-state index contributed by atoms with van der Waals surface area (Å²) in [5, 5.41) is 7.32. The number of pyridine rings is 1. The van der Waals surface area contributed by atoms with E-state index in [1.807, 2.05) is 6.07 Å². The van der Waals surface area contributed by atoms with E-state index in [-0.39, 0.29) is 0 Å². The molecule has 0 unspecified atom stereocenters. The second-order valence-corrected chi connectivity index (χ2v) is 1.99. The maximum atomic E-state index is 4.05. The van der Waals surface area contributed by atoms with Crippen LogP contribution in [0.5, 0.6) is 0 Å². The first-order valence-corrected chi connectivity index (χ1v) is 3.14. The molecule has 0 aliphatic rings. The van der Waals surface area contributed by atoms with E-state index in [1.54, 1.807) is 29.5 Å². The monoisotopic (exact) mass is 145 g/mol. The molecule has 0 aromatic carbocycles. The Morgan fingerprint density at radius 1 is 1.27 bits per heavy atom. The second-order valence-electron chi connectivity index (χ2n) is 1.99. The van der Waals surface area contributed by atoms with Crippen LogP contribution in [0.1, 0.15) is 0 Å². The highest BCUT2D eigenvalue weighted by molar-refractivity contribution is 5.19. The highest BCUT2D eigenvalue weighted by Gasteiger charge is 1.92. The molecule has 2 aromatic heterocycles. The van der Waals surface area contributed by atoms with E-state index in [9.17, 15) is 0 Å². The lowest BCUT2D eigenvalue weighted by Gasteiger charge is -1.95. The largest absolute Gasteiger partial charge is 0.272 e. The van der Waals surface area contributed by atoms with Gasteiger partial charge in [0.05, 0.1) is 0 Å². The molecule has 0 aliphatic heterocycles. The van der Waals surface area contributed by atoms with Crippen molar-refractivity contribution in [2.75, 3.05) is 0 Å². The molecule has 4 nitrogen and oxygen atoms in total. The normalized spacial score (nSPS) is 9.82. The zero-order valence-electron chi connectivity index (χ0n) is 5.68. The number of hydrogen-bond acceptors (Lipinski definition) is 3. The van der Waals surface area contributed by atoms with Crippen LogP contribution in [0.3, 0.4) is 0 Å². The summed E-state index contributed by atoms with van der Waals surface area (Å²) in [6.07, 6.45) is 4.81. The maximum absolute atomic E-state index is 4.05. The fourth-order valence-corrected chi connectivity index (χ4v) is 0.784. The molecule has 0 atom stereocenters. The Morgan fingerprint density at radius 2 is 2.09 bits per heavy atom. The van der Waals surface area contributed by atoms with Gasteiger partial charge in [0.15, 0.2) is 0 Å². The van der Waals surface area contributed by atoms with Crippen molar-refractivity contribution < 1.29 is 0 Å². The second kappa shape index (κ2) is 2.49. The number of aromatic nitrogens is 4. The summed E-state index contributed by atoms with van der Waals surface area (Å²) >= 11 is 0. The molecule has 0 spiro atoms. The fraction of sp³-hybridized carbons (Fsp3) is 0. The molecule has 0 saturated carbocycles. The fourth-order valence-electron chi connectivity index (χ4n) is 0.784. The van der Waals surface area contributed by atoms with Crippen LogP contribution < -0.4 is 0 Å². The van der Waals surface area contributed by atoms with Crippen LogP contribution in [-0.4, -0.2) is 19.7 Å². The lowest BCUT2D eigenvalue weighted by molar-refractivity contribution is 0.990. The van der Waals surface area contributed by atoms with Gasteiger partial charge in [0.2, 0.25) is 0 Å². The SMILES string of the molecule is [c]1ccc(-n2cnnc2)nc1. The number of rotatable bonds is 1. The molecule has 0 amide bonds. The van der Waals surface area contributed by atoms with E-state index in [2.05, 4.69) is 21.2 Å². The average Bonchev–Trinajstić information content (AvgIpc) is 2.58. The van der Waals surface area contributed by atoms with Crippen LogP contribution in [0, 0.1) is 6.07 Å². The van der Waals surface area contributed by atoms with E-state index < -0.39 is 0 Å². The van der Waals surface area contributed by atoms with E-state index in [0.717, 1.165) is 5.82 Å². The quantitative estimate of drug-likeness (QED) is 0.585. The highest BCUT2D eigenvalue weighted by Crippen LogP contribution is 1.98. The number of hydrogen-bond donors (Lipinski definition) is 0. The van der Waals surface area contributed by atoms with Crippen molar-refractivity contribution in [3.05, 3.63) is 37.1 Å². The first-order chi connectivity index (χ1) is 5.47. The Kier molecular flexibility index (Phi) is 1.37. The Balaban J connectivity index is 2.46. The topological polar surface area (TPSA) is 43.6 Å². The molecular weight excluding hydrogens is 140 g/mol. The van der Waals surface area contributed by atoms with Crippen LogP contribution >= 0.6 is 0 Å². The van der Waals surface area contributed by atoms with Gasteiger partial charge in [0.1, 0.15) is 18.5 Å². The Hall–Kier alpha value is -1.71. The van der Waals surface area contributed by atoms with Gasteiger partial charge < -0.3 is 0 Å². The molecule has 2 aromatic rings. The lowest BCUT2D eigenvalue weighted by atomic mass is 10.5. The minimum absolute atomic E-state index is 0.800. The van der Waals surface area contributed by atoms with Crippen LogP contribution in [0.15, 0.2) is 31.0 Å². The van der Waals surface area contributed by atoms with Crippen molar-refractivity contribution in [2.24, 2.45) is 0 Å². The van der Waals surface area contributed by atoms with Crippen molar-refractivity contribution >= 4 is 0 Å². The number of nitrogens with zero attached hydrogens (tertiary/aromatic N) is 4. The molecule has 4 heteroatoms. The van der Waals surface area contributed by atoms with Crippen molar-refractivity contribution in [1.82, 2.24) is 19.7 Å². The summed E-state index contributed by atoms with van der Waals surface area (Å²) in [5.74, 6) is 0.800. The smallest absolute Gasteiger partial charge is 0.139 e. The molecule has 0 saturated heterocycles. The predicted molar refractivity (Wildman–Crippen MR) is 38.0 cm³/mol. The highest BCUT2D eigenvalue weighted by atomic mass is 15.2. The summed E-state index contributed by atoms with van der Waals surface area (Å²) in [6, 6.07) is 6.46. The van der Waals surface area contributed by atoms with Gasteiger partial charge in [-0.05, 0) is 12.1 Å². The van der Waals surface area contributed by atoms with Gasteiger partial charge in [-0.25, -0.2) is 4.98 Å². The zero-order valence-corrected chi connectivity index (χ0v) is 5.68. The minimum atomic E-state index is 0.800. The lowest BCUT2D eigenvalue weighted by Crippen LogP contribution is -1.91. The van der Waals surface area contributed by atoms with Gasteiger partial charge >= 0.3 is 0 Å². The molecule has 2 rings (SSSR count). The third kappa shape index (κ3) is 1.10. The Bertz CT molecular complexity index is 313. The van der Waals surface area contributed by atoms with Gasteiger partial charge in [-0.2, -0.15) is 0 Å². The van der Waals surface area contributed by atoms with Crippen molar-refractivity contribution in [2.45, 2.75) is 0 Å². The van der Waals surface area contributed by atoms with E-state index in [1.165, 1.54) is 0 Å². The van der Waals surface area contributed by atoms with Crippen LogP contribution in [-0.2, 0) is 0 Å². The van der Waals surface area contributed by atoms with Gasteiger partial charge in [-0.15, -0.1) is 10.2 Å². The van der Waals surface area contributed by atoms with Gasteiger partial charge in [-0.3, -0.25) is 4.57 Å². The summed E-state index contributed by atoms with van der Waals surface area (Å²) in [4.78, 5) is 4.05. The molecule has 0 fully saturated rings. The van der Waals surface area contributed by atoms with Gasteiger partial charge in [0.25, 0.3) is 0 Å². The van der Waals surface area contributed by atoms with Crippen LogP contribution in [0.2, 0.25) is 0 Å². The first kappa shape index (κ1) is 6.03. The van der Waals surface area contributed by atoms with E-state index >= 15 is 0 Å². The minimum Gasteiger partial charge on any atom is -0.272 e. The molecule has 0 N–H and O–H groups in total. The molecule has 0 aliphatic carbocycles. The van der Waals surface area contributed by atoms with Crippen molar-refractivity contribution in [3.8, 4) is 5.82 Å². The van der Waals surface area contributed by atoms with Crippen LogP contribution in [0.25, 0.3) is 5.82 Å². The first-order valence-electron chi connectivity index (χ1n) is 3.14. The predicted octanol–water partition coefficient (Wildman–Crippen LogP) is 0.462.